The van der Waals surface area contributed by atoms with Gasteiger partial charge in [-0.15, -0.1) is 0 Å². The summed E-state index contributed by atoms with van der Waals surface area (Å²) in [5.41, 5.74) is 3.78. The number of hydrogen-bond donors (Lipinski definition) is 0. The Morgan fingerprint density at radius 1 is 0.852 bits per heavy atom. The van der Waals surface area contributed by atoms with Crippen LogP contribution < -0.4 is 0 Å². The largest absolute Gasteiger partial charge is 0.289 e. The van der Waals surface area contributed by atoms with Gasteiger partial charge in [-0.2, -0.15) is 0 Å². The van der Waals surface area contributed by atoms with Crippen LogP contribution in [-0.4, -0.2) is 29.3 Å². The number of piperidine rings is 1. The van der Waals surface area contributed by atoms with Crippen molar-refractivity contribution in [3.05, 3.63) is 80.8 Å². The molecule has 2 bridgehead atoms. The quantitative estimate of drug-likeness (QED) is 0.601. The Hall–Kier alpha value is -1.87. The van der Waals surface area contributed by atoms with Gasteiger partial charge in [0, 0.05) is 33.3 Å². The lowest BCUT2D eigenvalue weighted by molar-refractivity contribution is -0.114. The average Bonchev–Trinajstić information content (AvgIpc) is 3.04. The number of fused-ring (bicyclic) bond motifs is 2. The number of Topliss-reactive ketones (excluding diaryl/α,β-unsaturated/α-hetero) is 1. The maximum absolute atomic E-state index is 13.4. The molecule has 0 aliphatic carbocycles. The predicted octanol–water partition coefficient (Wildman–Crippen LogP) is 5.90. The summed E-state index contributed by atoms with van der Waals surface area (Å²) in [5.74, 6) is 0.164. The van der Waals surface area contributed by atoms with Gasteiger partial charge in [-0.05, 0) is 66.9 Å². The Bertz CT molecular complexity index is 839. The molecule has 2 saturated heterocycles. The van der Waals surface area contributed by atoms with Crippen LogP contribution in [0, 0.1) is 0 Å². The molecule has 0 unspecified atom stereocenters. The van der Waals surface area contributed by atoms with Crippen LogP contribution in [-0.2, 0) is 4.79 Å². The maximum Gasteiger partial charge on any atom is 0.188 e. The highest BCUT2D eigenvalue weighted by molar-refractivity contribution is 6.30. The van der Waals surface area contributed by atoms with Gasteiger partial charge in [-0.1, -0.05) is 54.4 Å². The zero-order valence-corrected chi connectivity index (χ0v) is 16.7. The molecule has 2 nitrogen and oxygen atoms in total. The molecular formula is C23H21Cl2NO. The van der Waals surface area contributed by atoms with Crippen LogP contribution in [0.3, 0.4) is 0 Å². The Balaban J connectivity index is 1.77. The lowest BCUT2D eigenvalue weighted by atomic mass is 9.88. The van der Waals surface area contributed by atoms with E-state index in [0.29, 0.717) is 10.0 Å². The average molecular weight is 398 g/mol. The van der Waals surface area contributed by atoms with Gasteiger partial charge in [-0.25, -0.2) is 0 Å². The van der Waals surface area contributed by atoms with Gasteiger partial charge in [0.05, 0.1) is 0 Å². The molecule has 2 aliphatic rings. The van der Waals surface area contributed by atoms with E-state index in [0.717, 1.165) is 41.7 Å². The van der Waals surface area contributed by atoms with Gasteiger partial charge >= 0.3 is 0 Å². The molecular weight excluding hydrogens is 377 g/mol. The van der Waals surface area contributed by atoms with Gasteiger partial charge in [0.2, 0.25) is 0 Å². The topological polar surface area (TPSA) is 20.3 Å². The molecule has 0 saturated carbocycles. The molecule has 138 valence electrons. The normalized spacial score (nSPS) is 25.5. The van der Waals surface area contributed by atoms with Gasteiger partial charge in [-0.3, -0.25) is 9.69 Å². The molecule has 2 fully saturated rings. The molecule has 27 heavy (non-hydrogen) atoms. The van der Waals surface area contributed by atoms with Crippen LogP contribution in [0.4, 0.5) is 0 Å². The zero-order valence-electron chi connectivity index (χ0n) is 15.2. The van der Waals surface area contributed by atoms with Crippen molar-refractivity contribution in [2.24, 2.45) is 0 Å². The number of ketones is 1. The smallest absolute Gasteiger partial charge is 0.188 e. The van der Waals surface area contributed by atoms with E-state index in [1.807, 2.05) is 60.7 Å². The third-order valence-corrected chi connectivity index (χ3v) is 6.01. The number of carbonyl (C=O) groups excluding carboxylic acids is 1. The molecule has 0 aromatic heterocycles. The van der Waals surface area contributed by atoms with E-state index >= 15 is 0 Å². The molecule has 2 heterocycles. The Morgan fingerprint density at radius 2 is 1.26 bits per heavy atom. The molecule has 2 aliphatic heterocycles. The molecule has 2 aromatic carbocycles. The Kier molecular flexibility index (Phi) is 5.23. The minimum absolute atomic E-state index is 0.164. The molecule has 0 amide bonds. The van der Waals surface area contributed by atoms with Crippen molar-refractivity contribution in [3.63, 3.8) is 0 Å². The number of hydrogen-bond acceptors (Lipinski definition) is 2. The summed E-state index contributed by atoms with van der Waals surface area (Å²) < 4.78 is 0. The van der Waals surface area contributed by atoms with E-state index in [1.165, 1.54) is 0 Å². The summed E-state index contributed by atoms with van der Waals surface area (Å²) >= 11 is 12.0. The molecule has 4 heteroatoms. The minimum Gasteiger partial charge on any atom is -0.289 e. The second-order valence-electron chi connectivity index (χ2n) is 7.07. The predicted molar refractivity (Wildman–Crippen MR) is 113 cm³/mol. The van der Waals surface area contributed by atoms with Gasteiger partial charge in [0.1, 0.15) is 0 Å². The number of rotatable bonds is 3. The molecule has 2 aromatic rings. The molecule has 0 radical (unpaired) electrons. The summed E-state index contributed by atoms with van der Waals surface area (Å²) in [6, 6.07) is 15.7. The van der Waals surface area contributed by atoms with Gasteiger partial charge in [0.25, 0.3) is 0 Å². The van der Waals surface area contributed by atoms with E-state index in [9.17, 15) is 4.79 Å². The highest BCUT2D eigenvalue weighted by atomic mass is 35.5. The van der Waals surface area contributed by atoms with Crippen molar-refractivity contribution in [1.82, 2.24) is 4.90 Å². The maximum atomic E-state index is 13.4. The van der Waals surface area contributed by atoms with Gasteiger partial charge < -0.3 is 0 Å². The highest BCUT2D eigenvalue weighted by Crippen LogP contribution is 2.41. The highest BCUT2D eigenvalue weighted by Gasteiger charge is 2.45. The minimum atomic E-state index is 0.164. The summed E-state index contributed by atoms with van der Waals surface area (Å²) in [5, 5.41) is 1.40. The van der Waals surface area contributed by atoms with E-state index in [1.54, 1.807) is 0 Å². The Morgan fingerprint density at radius 3 is 1.63 bits per heavy atom. The first-order valence-corrected chi connectivity index (χ1v) is 10.1. The standard InChI is InChI=1S/C23H21Cl2NO/c1-2-26-21-11-12-22(26)20(14-16-5-9-18(25)10-6-16)23(27)19(21)13-15-3-7-17(24)8-4-15/h3-10,13-14,21-22H,2,11-12H2,1H3/b19-13+,20-14+/t21-,22+. The number of carbonyl (C=O) groups is 1. The fourth-order valence-electron chi connectivity index (χ4n) is 4.24. The first-order valence-electron chi connectivity index (χ1n) is 9.31. The fraction of sp³-hybridized carbons (Fsp3) is 0.261. The van der Waals surface area contributed by atoms with E-state index < -0.39 is 0 Å². The molecule has 2 atom stereocenters. The summed E-state index contributed by atoms with van der Waals surface area (Å²) in [4.78, 5) is 15.8. The Labute approximate surface area is 170 Å². The second-order valence-corrected chi connectivity index (χ2v) is 7.94. The van der Waals surface area contributed by atoms with Crippen molar-refractivity contribution in [1.29, 1.82) is 0 Å². The van der Waals surface area contributed by atoms with E-state index in [2.05, 4.69) is 11.8 Å². The first-order chi connectivity index (χ1) is 13.1. The van der Waals surface area contributed by atoms with Crippen molar-refractivity contribution in [3.8, 4) is 0 Å². The van der Waals surface area contributed by atoms with Crippen LogP contribution in [0.5, 0.6) is 0 Å². The SMILES string of the molecule is CCN1[C@@H]2CC[C@H]1/C(=C\c1ccc(Cl)cc1)C(=O)/C2=C/c1ccc(Cl)cc1. The summed E-state index contributed by atoms with van der Waals surface area (Å²) in [6.45, 7) is 3.10. The third-order valence-electron chi connectivity index (χ3n) is 5.51. The number of nitrogens with zero attached hydrogens (tertiary/aromatic N) is 1. The number of likely N-dealkylation sites (N-methyl/N-ethyl adjacent to an activating group) is 1. The zero-order chi connectivity index (χ0) is 19.0. The van der Waals surface area contributed by atoms with Crippen molar-refractivity contribution < 1.29 is 4.79 Å². The second kappa shape index (κ2) is 7.63. The van der Waals surface area contributed by atoms with E-state index in [-0.39, 0.29) is 17.9 Å². The summed E-state index contributed by atoms with van der Waals surface area (Å²) in [7, 11) is 0. The molecule has 0 spiro atoms. The van der Waals surface area contributed by atoms with E-state index in [4.69, 9.17) is 23.2 Å². The monoisotopic (exact) mass is 397 g/mol. The van der Waals surface area contributed by atoms with Crippen LogP contribution in [0.15, 0.2) is 59.7 Å². The van der Waals surface area contributed by atoms with Crippen molar-refractivity contribution >= 4 is 41.1 Å². The van der Waals surface area contributed by atoms with Crippen LogP contribution in [0.25, 0.3) is 12.2 Å². The lowest BCUT2D eigenvalue weighted by Gasteiger charge is -2.36. The van der Waals surface area contributed by atoms with Crippen molar-refractivity contribution in [2.75, 3.05) is 6.54 Å². The lowest BCUT2D eigenvalue weighted by Crippen LogP contribution is -2.46. The molecule has 0 N–H and O–H groups in total. The van der Waals surface area contributed by atoms with Crippen LogP contribution in [0.2, 0.25) is 10.0 Å². The fourth-order valence-corrected chi connectivity index (χ4v) is 4.50. The summed E-state index contributed by atoms with van der Waals surface area (Å²) in [6.07, 6.45) is 6.09. The molecule has 4 rings (SSSR count). The van der Waals surface area contributed by atoms with Crippen LogP contribution >= 0.6 is 23.2 Å². The number of benzene rings is 2. The van der Waals surface area contributed by atoms with Crippen molar-refractivity contribution in [2.45, 2.75) is 31.8 Å². The third kappa shape index (κ3) is 3.62. The van der Waals surface area contributed by atoms with Gasteiger partial charge in [0.15, 0.2) is 5.78 Å². The number of halogens is 2. The first kappa shape index (κ1) is 18.5. The van der Waals surface area contributed by atoms with Crippen LogP contribution in [0.1, 0.15) is 30.9 Å².